The summed E-state index contributed by atoms with van der Waals surface area (Å²) in [4.78, 5) is 14.3. The van der Waals surface area contributed by atoms with Crippen molar-refractivity contribution < 1.29 is 9.53 Å². The topological polar surface area (TPSA) is 41.6 Å². The molecule has 1 fully saturated rings. The van der Waals surface area contributed by atoms with E-state index in [1.165, 1.54) is 18.4 Å². The van der Waals surface area contributed by atoms with Crippen molar-refractivity contribution in [3.8, 4) is 0 Å². The molecular weight excluding hydrogens is 300 g/mol. The van der Waals surface area contributed by atoms with Crippen LogP contribution in [0.1, 0.15) is 29.9 Å². The van der Waals surface area contributed by atoms with Crippen molar-refractivity contribution in [1.82, 2.24) is 4.90 Å². The fourth-order valence-corrected chi connectivity index (χ4v) is 3.09. The van der Waals surface area contributed by atoms with Gasteiger partial charge < -0.3 is 9.64 Å². The number of nitrogens with zero attached hydrogens (tertiary/aromatic N) is 1. The molecule has 0 aliphatic carbocycles. The van der Waals surface area contributed by atoms with Crippen molar-refractivity contribution >= 4 is 11.8 Å². The fraction of sp³-hybridized carbons (Fsp3) is 0.350. The van der Waals surface area contributed by atoms with Crippen LogP contribution < -0.4 is 5.32 Å². The summed E-state index contributed by atoms with van der Waals surface area (Å²) in [5.74, 6) is 0.572. The molecule has 1 heterocycles. The van der Waals surface area contributed by atoms with Gasteiger partial charge in [0, 0.05) is 5.69 Å². The predicted molar refractivity (Wildman–Crippen MR) is 96.2 cm³/mol. The summed E-state index contributed by atoms with van der Waals surface area (Å²) in [5.41, 5.74) is 3.07. The number of rotatable bonds is 4. The van der Waals surface area contributed by atoms with Crippen molar-refractivity contribution in [3.63, 3.8) is 0 Å². The molecule has 0 spiro atoms. The van der Waals surface area contributed by atoms with Crippen LogP contribution in [0.2, 0.25) is 0 Å². The minimum atomic E-state index is -0.417. The van der Waals surface area contributed by atoms with Crippen LogP contribution in [0.4, 0.5) is 10.5 Å². The maximum absolute atomic E-state index is 12.0. The molecule has 1 amide bonds. The Labute approximate surface area is 143 Å². The molecule has 1 aliphatic rings. The minimum absolute atomic E-state index is 0.279. The van der Waals surface area contributed by atoms with Gasteiger partial charge in [-0.25, -0.2) is 4.79 Å². The van der Waals surface area contributed by atoms with Crippen LogP contribution in [0.3, 0.4) is 0 Å². The molecule has 1 N–H and O–H groups in total. The zero-order chi connectivity index (χ0) is 16.8. The molecule has 4 heteroatoms. The molecule has 0 aromatic heterocycles. The van der Waals surface area contributed by atoms with E-state index in [0.717, 1.165) is 24.3 Å². The molecule has 0 saturated carbocycles. The fourth-order valence-electron chi connectivity index (χ4n) is 3.09. The highest BCUT2D eigenvalue weighted by Gasteiger charge is 2.18. The van der Waals surface area contributed by atoms with Crippen molar-refractivity contribution in [2.24, 2.45) is 0 Å². The van der Waals surface area contributed by atoms with E-state index >= 15 is 0 Å². The number of ether oxygens (including phenoxy) is 1. The van der Waals surface area contributed by atoms with Crippen molar-refractivity contribution in [3.05, 3.63) is 65.7 Å². The van der Waals surface area contributed by atoms with E-state index in [4.69, 9.17) is 4.74 Å². The van der Waals surface area contributed by atoms with E-state index in [2.05, 4.69) is 29.4 Å². The van der Waals surface area contributed by atoms with Crippen LogP contribution in [0.5, 0.6) is 0 Å². The molecule has 24 heavy (non-hydrogen) atoms. The normalized spacial score (nSPS) is 15.9. The molecule has 2 aromatic rings. The zero-order valence-electron chi connectivity index (χ0n) is 14.1. The SMILES string of the molecule is CN1CCC(c2cccc(NC(=O)OCc3ccccc3)c2)CC1. The van der Waals surface area contributed by atoms with Crippen LogP contribution in [-0.2, 0) is 11.3 Å². The smallest absolute Gasteiger partial charge is 0.411 e. The van der Waals surface area contributed by atoms with Gasteiger partial charge in [-0.3, -0.25) is 5.32 Å². The van der Waals surface area contributed by atoms with Gasteiger partial charge >= 0.3 is 6.09 Å². The second kappa shape index (κ2) is 7.97. The Balaban J connectivity index is 1.55. The lowest BCUT2D eigenvalue weighted by molar-refractivity contribution is 0.155. The number of hydrogen-bond acceptors (Lipinski definition) is 3. The molecule has 0 unspecified atom stereocenters. The van der Waals surface area contributed by atoms with Gasteiger partial charge in [-0.1, -0.05) is 42.5 Å². The Bertz CT molecular complexity index is 664. The van der Waals surface area contributed by atoms with Crippen molar-refractivity contribution in [1.29, 1.82) is 0 Å². The molecule has 0 atom stereocenters. The number of anilines is 1. The lowest BCUT2D eigenvalue weighted by Gasteiger charge is -2.29. The van der Waals surface area contributed by atoms with Crippen LogP contribution in [0, 0.1) is 0 Å². The van der Waals surface area contributed by atoms with E-state index in [-0.39, 0.29) is 6.61 Å². The number of carbonyl (C=O) groups is 1. The van der Waals surface area contributed by atoms with Crippen LogP contribution in [-0.4, -0.2) is 31.1 Å². The summed E-state index contributed by atoms with van der Waals surface area (Å²) in [6, 6.07) is 17.8. The van der Waals surface area contributed by atoms with Gasteiger partial charge in [0.1, 0.15) is 6.61 Å². The summed E-state index contributed by atoms with van der Waals surface area (Å²) < 4.78 is 5.27. The molecule has 1 aliphatic heterocycles. The third-order valence-electron chi connectivity index (χ3n) is 4.54. The zero-order valence-corrected chi connectivity index (χ0v) is 14.1. The first-order valence-electron chi connectivity index (χ1n) is 8.47. The quantitative estimate of drug-likeness (QED) is 0.914. The first kappa shape index (κ1) is 16.5. The summed E-state index contributed by atoms with van der Waals surface area (Å²) in [5, 5.41) is 2.83. The van der Waals surface area contributed by atoms with Gasteiger partial charge in [0.05, 0.1) is 0 Å². The van der Waals surface area contributed by atoms with Gasteiger partial charge in [0.2, 0.25) is 0 Å². The number of amides is 1. The summed E-state index contributed by atoms with van der Waals surface area (Å²) >= 11 is 0. The molecule has 0 bridgehead atoms. The molecule has 4 nitrogen and oxygen atoms in total. The standard InChI is InChI=1S/C20H24N2O2/c1-22-12-10-17(11-13-22)18-8-5-9-19(14-18)21-20(23)24-15-16-6-3-2-4-7-16/h2-9,14,17H,10-13,15H2,1H3,(H,21,23). The summed E-state index contributed by atoms with van der Waals surface area (Å²) in [6.45, 7) is 2.53. The third-order valence-corrected chi connectivity index (χ3v) is 4.54. The highest BCUT2D eigenvalue weighted by atomic mass is 16.5. The first-order chi connectivity index (χ1) is 11.7. The van der Waals surface area contributed by atoms with Gasteiger partial charge in [-0.05, 0) is 62.2 Å². The Morgan fingerprint density at radius 1 is 1.12 bits per heavy atom. The lowest BCUT2D eigenvalue weighted by Crippen LogP contribution is -2.29. The van der Waals surface area contributed by atoms with Crippen molar-refractivity contribution in [2.75, 3.05) is 25.5 Å². The molecule has 1 saturated heterocycles. The molecular formula is C20H24N2O2. The first-order valence-corrected chi connectivity index (χ1v) is 8.47. The second-order valence-corrected chi connectivity index (χ2v) is 6.39. The lowest BCUT2D eigenvalue weighted by atomic mass is 9.89. The highest BCUT2D eigenvalue weighted by Crippen LogP contribution is 2.29. The number of carbonyl (C=O) groups excluding carboxylic acids is 1. The maximum Gasteiger partial charge on any atom is 0.411 e. The van der Waals surface area contributed by atoms with Gasteiger partial charge in [-0.2, -0.15) is 0 Å². The number of benzene rings is 2. The Morgan fingerprint density at radius 2 is 1.88 bits per heavy atom. The minimum Gasteiger partial charge on any atom is -0.444 e. The van der Waals surface area contributed by atoms with Gasteiger partial charge in [0.15, 0.2) is 0 Å². The van der Waals surface area contributed by atoms with E-state index in [9.17, 15) is 4.79 Å². The average Bonchev–Trinajstić information content (AvgIpc) is 2.62. The molecule has 3 rings (SSSR count). The largest absolute Gasteiger partial charge is 0.444 e. The van der Waals surface area contributed by atoms with E-state index in [1.54, 1.807) is 0 Å². The molecule has 0 radical (unpaired) electrons. The average molecular weight is 324 g/mol. The van der Waals surface area contributed by atoms with Gasteiger partial charge in [0.25, 0.3) is 0 Å². The third kappa shape index (κ3) is 4.59. The Kier molecular flexibility index (Phi) is 5.49. The number of likely N-dealkylation sites (tertiary alicyclic amines) is 1. The summed E-state index contributed by atoms with van der Waals surface area (Å²) in [6.07, 6.45) is 1.91. The highest BCUT2D eigenvalue weighted by molar-refractivity contribution is 5.84. The van der Waals surface area contributed by atoms with Gasteiger partial charge in [-0.15, -0.1) is 0 Å². The molecule has 2 aromatic carbocycles. The predicted octanol–water partition coefficient (Wildman–Crippen LogP) is 4.24. The van der Waals surface area contributed by atoms with E-state index in [0.29, 0.717) is 5.92 Å². The summed E-state index contributed by atoms with van der Waals surface area (Å²) in [7, 11) is 2.16. The monoisotopic (exact) mass is 324 g/mol. The van der Waals surface area contributed by atoms with Crippen LogP contribution >= 0.6 is 0 Å². The molecule has 126 valence electrons. The van der Waals surface area contributed by atoms with Crippen LogP contribution in [0.25, 0.3) is 0 Å². The Morgan fingerprint density at radius 3 is 2.62 bits per heavy atom. The number of piperidine rings is 1. The number of hydrogen-bond donors (Lipinski definition) is 1. The Hall–Kier alpha value is -2.33. The van der Waals surface area contributed by atoms with Crippen molar-refractivity contribution in [2.45, 2.75) is 25.4 Å². The number of nitrogens with one attached hydrogen (secondary N) is 1. The van der Waals surface area contributed by atoms with Crippen LogP contribution in [0.15, 0.2) is 54.6 Å². The van der Waals surface area contributed by atoms with E-state index < -0.39 is 6.09 Å². The van der Waals surface area contributed by atoms with E-state index in [1.807, 2.05) is 42.5 Å². The second-order valence-electron chi connectivity index (χ2n) is 6.39. The maximum atomic E-state index is 12.0.